The number of nitrogens with zero attached hydrogens (tertiary/aromatic N) is 4. The van der Waals surface area contributed by atoms with Gasteiger partial charge in [0.15, 0.2) is 5.65 Å². The number of nitrogens with one attached hydrogen (secondary N) is 2. The standard InChI is InChI=1S/C27H29FN6O/c28-22-10-8-21(9-11-22)26(35)30-15-18-33-16-12-23(13-17-33)31-27-32-24-7-4-14-29-25(24)34(27)19-20-5-2-1-3-6-20/h1-11,14,23H,12-13,15-19H2,(H,30,35)(H,31,32). The fraction of sp³-hybridized carbons (Fsp3) is 0.296. The Labute approximate surface area is 204 Å². The van der Waals surface area contributed by atoms with Gasteiger partial charge in [-0.15, -0.1) is 0 Å². The third-order valence-corrected chi connectivity index (χ3v) is 6.43. The summed E-state index contributed by atoms with van der Waals surface area (Å²) >= 11 is 0. The molecule has 0 radical (unpaired) electrons. The van der Waals surface area contributed by atoms with Crippen molar-refractivity contribution in [3.8, 4) is 0 Å². The molecule has 0 unspecified atom stereocenters. The predicted octanol–water partition coefficient (Wildman–Crippen LogP) is 3.93. The van der Waals surface area contributed by atoms with Crippen LogP contribution in [0.15, 0.2) is 72.9 Å². The van der Waals surface area contributed by atoms with Gasteiger partial charge in [-0.3, -0.25) is 9.36 Å². The van der Waals surface area contributed by atoms with Gasteiger partial charge in [-0.2, -0.15) is 0 Å². The number of halogens is 1. The van der Waals surface area contributed by atoms with Crippen LogP contribution in [0, 0.1) is 5.82 Å². The first-order valence-corrected chi connectivity index (χ1v) is 12.0. The highest BCUT2D eigenvalue weighted by molar-refractivity contribution is 5.94. The van der Waals surface area contributed by atoms with Crippen LogP contribution in [-0.4, -0.2) is 57.6 Å². The summed E-state index contributed by atoms with van der Waals surface area (Å²) in [6.07, 6.45) is 3.80. The topological polar surface area (TPSA) is 75.1 Å². The second kappa shape index (κ2) is 10.7. The van der Waals surface area contributed by atoms with Gasteiger partial charge in [0.25, 0.3) is 5.91 Å². The van der Waals surface area contributed by atoms with Crippen LogP contribution in [0.25, 0.3) is 11.2 Å². The Morgan fingerprint density at radius 2 is 1.77 bits per heavy atom. The van der Waals surface area contributed by atoms with Gasteiger partial charge in [0.1, 0.15) is 11.3 Å². The van der Waals surface area contributed by atoms with Crippen molar-refractivity contribution in [2.45, 2.75) is 25.4 Å². The van der Waals surface area contributed by atoms with E-state index in [1.165, 1.54) is 29.8 Å². The normalized spacial score (nSPS) is 14.8. The SMILES string of the molecule is O=C(NCCN1CCC(Nc2nc3cccnc3n2Cc2ccccc2)CC1)c1ccc(F)cc1. The maximum absolute atomic E-state index is 13.0. The van der Waals surface area contributed by atoms with Crippen LogP contribution >= 0.6 is 0 Å². The minimum absolute atomic E-state index is 0.174. The molecule has 7 nitrogen and oxygen atoms in total. The highest BCUT2D eigenvalue weighted by atomic mass is 19.1. The van der Waals surface area contributed by atoms with Gasteiger partial charge in [0.2, 0.25) is 5.95 Å². The van der Waals surface area contributed by atoms with E-state index in [4.69, 9.17) is 4.98 Å². The first-order valence-electron chi connectivity index (χ1n) is 12.0. The van der Waals surface area contributed by atoms with Crippen molar-refractivity contribution >= 4 is 23.0 Å². The van der Waals surface area contributed by atoms with Crippen molar-refractivity contribution in [1.29, 1.82) is 0 Å². The number of anilines is 1. The van der Waals surface area contributed by atoms with Crippen molar-refractivity contribution in [3.63, 3.8) is 0 Å². The molecule has 3 heterocycles. The number of likely N-dealkylation sites (tertiary alicyclic amines) is 1. The summed E-state index contributed by atoms with van der Waals surface area (Å²) in [4.78, 5) is 24.0. The third-order valence-electron chi connectivity index (χ3n) is 6.43. The number of fused-ring (bicyclic) bond motifs is 1. The number of pyridine rings is 1. The molecule has 2 aromatic heterocycles. The molecule has 2 aromatic carbocycles. The second-order valence-corrected chi connectivity index (χ2v) is 8.88. The molecule has 1 fully saturated rings. The Kier molecular flexibility index (Phi) is 6.99. The number of carbonyl (C=O) groups is 1. The van der Waals surface area contributed by atoms with Gasteiger partial charge < -0.3 is 15.5 Å². The molecule has 5 rings (SSSR count). The monoisotopic (exact) mass is 472 g/mol. The summed E-state index contributed by atoms with van der Waals surface area (Å²) in [5, 5.41) is 6.59. The lowest BCUT2D eigenvalue weighted by Gasteiger charge is -2.32. The Balaban J connectivity index is 1.15. The van der Waals surface area contributed by atoms with Gasteiger partial charge in [-0.25, -0.2) is 14.4 Å². The quantitative estimate of drug-likeness (QED) is 0.407. The number of amides is 1. The maximum Gasteiger partial charge on any atom is 0.251 e. The smallest absolute Gasteiger partial charge is 0.251 e. The molecule has 8 heteroatoms. The van der Waals surface area contributed by atoms with Crippen LogP contribution in [0.1, 0.15) is 28.8 Å². The fourth-order valence-corrected chi connectivity index (χ4v) is 4.50. The zero-order chi connectivity index (χ0) is 24.0. The largest absolute Gasteiger partial charge is 0.353 e. The average molecular weight is 473 g/mol. The summed E-state index contributed by atoms with van der Waals surface area (Å²) in [6, 6.07) is 20.2. The molecule has 1 amide bonds. The van der Waals surface area contributed by atoms with E-state index in [0.29, 0.717) is 24.7 Å². The molecule has 1 saturated heterocycles. The summed E-state index contributed by atoms with van der Waals surface area (Å²) in [5.74, 6) is 0.338. The summed E-state index contributed by atoms with van der Waals surface area (Å²) in [7, 11) is 0. The van der Waals surface area contributed by atoms with Gasteiger partial charge in [0, 0.05) is 44.0 Å². The number of benzene rings is 2. The van der Waals surface area contributed by atoms with Crippen LogP contribution in [-0.2, 0) is 6.54 Å². The molecule has 0 atom stereocenters. The van der Waals surface area contributed by atoms with E-state index in [0.717, 1.165) is 49.6 Å². The van der Waals surface area contributed by atoms with E-state index in [1.54, 1.807) is 0 Å². The van der Waals surface area contributed by atoms with Gasteiger partial charge >= 0.3 is 0 Å². The lowest BCUT2D eigenvalue weighted by atomic mass is 10.1. The number of rotatable bonds is 8. The average Bonchev–Trinajstić information content (AvgIpc) is 3.23. The number of hydrogen-bond acceptors (Lipinski definition) is 5. The Bertz CT molecular complexity index is 1270. The molecule has 0 aliphatic carbocycles. The lowest BCUT2D eigenvalue weighted by Crippen LogP contribution is -2.43. The summed E-state index contributed by atoms with van der Waals surface area (Å²) in [6.45, 7) is 3.95. The molecule has 0 saturated carbocycles. The lowest BCUT2D eigenvalue weighted by molar-refractivity contribution is 0.0946. The van der Waals surface area contributed by atoms with Crippen LogP contribution in [0.3, 0.4) is 0 Å². The van der Waals surface area contributed by atoms with Gasteiger partial charge in [0.05, 0.1) is 6.54 Å². The van der Waals surface area contributed by atoms with Crippen molar-refractivity contribution in [3.05, 3.63) is 89.9 Å². The molecule has 0 spiro atoms. The van der Waals surface area contributed by atoms with Crippen molar-refractivity contribution in [1.82, 2.24) is 24.8 Å². The fourth-order valence-electron chi connectivity index (χ4n) is 4.50. The first kappa shape index (κ1) is 23.0. The number of imidazole rings is 1. The summed E-state index contributed by atoms with van der Waals surface area (Å²) < 4.78 is 15.2. The predicted molar refractivity (Wildman–Crippen MR) is 135 cm³/mol. The Morgan fingerprint density at radius 3 is 2.54 bits per heavy atom. The molecule has 35 heavy (non-hydrogen) atoms. The Hall–Kier alpha value is -3.78. The zero-order valence-electron chi connectivity index (χ0n) is 19.5. The number of piperidine rings is 1. The number of hydrogen-bond donors (Lipinski definition) is 2. The molecule has 1 aliphatic rings. The molecule has 0 bridgehead atoms. The first-order chi connectivity index (χ1) is 17.2. The molecule has 1 aliphatic heterocycles. The number of aromatic nitrogens is 3. The van der Waals surface area contributed by atoms with Crippen LogP contribution in [0.2, 0.25) is 0 Å². The van der Waals surface area contributed by atoms with Crippen molar-refractivity contribution < 1.29 is 9.18 Å². The third kappa shape index (κ3) is 5.66. The maximum atomic E-state index is 13.0. The van der Waals surface area contributed by atoms with E-state index < -0.39 is 0 Å². The van der Waals surface area contributed by atoms with Gasteiger partial charge in [-0.05, 0) is 54.8 Å². The van der Waals surface area contributed by atoms with Crippen LogP contribution in [0.5, 0.6) is 0 Å². The van der Waals surface area contributed by atoms with E-state index in [1.807, 2.05) is 36.5 Å². The summed E-state index contributed by atoms with van der Waals surface area (Å²) in [5.41, 5.74) is 3.45. The van der Waals surface area contributed by atoms with Gasteiger partial charge in [-0.1, -0.05) is 30.3 Å². The van der Waals surface area contributed by atoms with E-state index >= 15 is 0 Å². The van der Waals surface area contributed by atoms with Crippen LogP contribution in [0.4, 0.5) is 10.3 Å². The minimum atomic E-state index is -0.343. The van der Waals surface area contributed by atoms with E-state index in [2.05, 4.69) is 37.2 Å². The zero-order valence-corrected chi connectivity index (χ0v) is 19.5. The molecule has 2 N–H and O–H groups in total. The van der Waals surface area contributed by atoms with Crippen molar-refractivity contribution in [2.75, 3.05) is 31.5 Å². The molecular formula is C27H29FN6O. The molecule has 4 aromatic rings. The molecule has 180 valence electrons. The highest BCUT2D eigenvalue weighted by Crippen LogP contribution is 2.22. The van der Waals surface area contributed by atoms with E-state index in [9.17, 15) is 9.18 Å². The number of carbonyl (C=O) groups excluding carboxylic acids is 1. The Morgan fingerprint density at radius 1 is 1.00 bits per heavy atom. The highest BCUT2D eigenvalue weighted by Gasteiger charge is 2.22. The second-order valence-electron chi connectivity index (χ2n) is 8.88. The van der Waals surface area contributed by atoms with Crippen LogP contribution < -0.4 is 10.6 Å². The minimum Gasteiger partial charge on any atom is -0.353 e. The van der Waals surface area contributed by atoms with E-state index in [-0.39, 0.29) is 11.7 Å². The van der Waals surface area contributed by atoms with Crippen molar-refractivity contribution in [2.24, 2.45) is 0 Å². The molecular weight excluding hydrogens is 443 g/mol.